The van der Waals surface area contributed by atoms with Crippen LogP contribution < -0.4 is 10.6 Å². The highest BCUT2D eigenvalue weighted by Gasteiger charge is 2.27. The molecule has 0 radical (unpaired) electrons. The second-order valence-electron chi connectivity index (χ2n) is 4.52. The largest absolute Gasteiger partial charge is 0.394 e. The maximum Gasteiger partial charge on any atom is 0.0645 e. The number of nitrogens with one attached hydrogen (secondary N) is 2. The van der Waals surface area contributed by atoms with E-state index in [1.165, 1.54) is 12.8 Å². The van der Waals surface area contributed by atoms with Crippen LogP contribution in [0.4, 0.5) is 0 Å². The second-order valence-corrected chi connectivity index (χ2v) is 4.52. The van der Waals surface area contributed by atoms with Gasteiger partial charge in [0.05, 0.1) is 18.8 Å². The normalized spacial score (nSPS) is 19.4. The van der Waals surface area contributed by atoms with E-state index in [-0.39, 0.29) is 13.2 Å². The number of aliphatic hydroxyl groups is 2. The zero-order valence-corrected chi connectivity index (χ0v) is 9.63. The summed E-state index contributed by atoms with van der Waals surface area (Å²) in [5, 5.41) is 25.2. The molecule has 1 saturated heterocycles. The highest BCUT2D eigenvalue weighted by atomic mass is 16.3. The maximum atomic E-state index is 9.27. The Hall–Kier alpha value is -0.160. The van der Waals surface area contributed by atoms with Gasteiger partial charge in [-0.1, -0.05) is 6.92 Å². The van der Waals surface area contributed by atoms with Gasteiger partial charge in [0.1, 0.15) is 0 Å². The predicted molar refractivity (Wildman–Crippen MR) is 60.8 cm³/mol. The summed E-state index contributed by atoms with van der Waals surface area (Å²) in [6.07, 6.45) is 3.12. The summed E-state index contributed by atoms with van der Waals surface area (Å²) in [4.78, 5) is 0. The lowest BCUT2D eigenvalue weighted by molar-refractivity contribution is 0.0825. The van der Waals surface area contributed by atoms with E-state index in [9.17, 15) is 10.2 Å². The highest BCUT2D eigenvalue weighted by molar-refractivity contribution is 4.86. The minimum absolute atomic E-state index is 0.00493. The van der Waals surface area contributed by atoms with E-state index >= 15 is 0 Å². The summed E-state index contributed by atoms with van der Waals surface area (Å²) in [6, 6.07) is 0. The zero-order valence-electron chi connectivity index (χ0n) is 9.63. The third kappa shape index (κ3) is 3.72. The van der Waals surface area contributed by atoms with Crippen molar-refractivity contribution in [2.45, 2.75) is 31.7 Å². The van der Waals surface area contributed by atoms with Crippen molar-refractivity contribution in [2.75, 3.05) is 32.8 Å². The first-order valence-electron chi connectivity index (χ1n) is 5.94. The van der Waals surface area contributed by atoms with E-state index in [1.807, 2.05) is 6.92 Å². The standard InChI is InChI=1S/C11H24N2O2/c1-2-11(8-14,9-15)13-7-10-3-5-12-6-4-10/h10,12-15H,2-9H2,1H3. The van der Waals surface area contributed by atoms with Gasteiger partial charge in [-0.05, 0) is 44.8 Å². The Labute approximate surface area is 92.1 Å². The third-order valence-corrected chi connectivity index (χ3v) is 3.51. The molecule has 15 heavy (non-hydrogen) atoms. The molecular formula is C11H24N2O2. The van der Waals surface area contributed by atoms with Gasteiger partial charge in [-0.25, -0.2) is 0 Å². The lowest BCUT2D eigenvalue weighted by Gasteiger charge is -2.33. The van der Waals surface area contributed by atoms with Crippen LogP contribution in [0.1, 0.15) is 26.2 Å². The summed E-state index contributed by atoms with van der Waals surface area (Å²) < 4.78 is 0. The molecule has 0 spiro atoms. The van der Waals surface area contributed by atoms with Crippen molar-refractivity contribution >= 4 is 0 Å². The van der Waals surface area contributed by atoms with Gasteiger partial charge in [0.25, 0.3) is 0 Å². The molecular weight excluding hydrogens is 192 g/mol. The molecule has 1 aliphatic rings. The van der Waals surface area contributed by atoms with Gasteiger partial charge in [-0.3, -0.25) is 0 Å². The fourth-order valence-electron chi connectivity index (χ4n) is 1.96. The molecule has 4 nitrogen and oxygen atoms in total. The van der Waals surface area contributed by atoms with E-state index in [4.69, 9.17) is 0 Å². The molecule has 0 aromatic rings. The summed E-state index contributed by atoms with van der Waals surface area (Å²) in [5.74, 6) is 0.676. The van der Waals surface area contributed by atoms with Gasteiger partial charge in [0.2, 0.25) is 0 Å². The average Bonchev–Trinajstić information content (AvgIpc) is 2.33. The van der Waals surface area contributed by atoms with Crippen LogP contribution in [0.2, 0.25) is 0 Å². The molecule has 1 rings (SSSR count). The summed E-state index contributed by atoms with van der Waals surface area (Å²) in [5.41, 5.74) is -0.481. The van der Waals surface area contributed by atoms with Crippen molar-refractivity contribution in [3.8, 4) is 0 Å². The van der Waals surface area contributed by atoms with Gasteiger partial charge in [-0.15, -0.1) is 0 Å². The fourth-order valence-corrected chi connectivity index (χ4v) is 1.96. The molecule has 0 amide bonds. The molecule has 1 fully saturated rings. The Morgan fingerprint density at radius 2 is 1.87 bits per heavy atom. The number of rotatable bonds is 6. The molecule has 1 aliphatic heterocycles. The Kier molecular flexibility index (Phi) is 5.53. The first kappa shape index (κ1) is 12.9. The van der Waals surface area contributed by atoms with Crippen molar-refractivity contribution in [1.82, 2.24) is 10.6 Å². The summed E-state index contributed by atoms with van der Waals surface area (Å²) in [6.45, 7) is 5.07. The van der Waals surface area contributed by atoms with Gasteiger partial charge in [0.15, 0.2) is 0 Å². The minimum atomic E-state index is -0.481. The molecule has 0 aromatic carbocycles. The monoisotopic (exact) mass is 216 g/mol. The maximum absolute atomic E-state index is 9.27. The zero-order chi connectivity index (χ0) is 11.1. The quantitative estimate of drug-likeness (QED) is 0.493. The van der Waals surface area contributed by atoms with Crippen molar-refractivity contribution in [3.63, 3.8) is 0 Å². The average molecular weight is 216 g/mol. The molecule has 0 bridgehead atoms. The van der Waals surface area contributed by atoms with Gasteiger partial charge < -0.3 is 20.8 Å². The summed E-state index contributed by atoms with van der Waals surface area (Å²) >= 11 is 0. The van der Waals surface area contributed by atoms with Crippen LogP contribution in [0.3, 0.4) is 0 Å². The number of hydrogen-bond acceptors (Lipinski definition) is 4. The highest BCUT2D eigenvalue weighted by Crippen LogP contribution is 2.14. The van der Waals surface area contributed by atoms with Crippen molar-refractivity contribution in [1.29, 1.82) is 0 Å². The SMILES string of the molecule is CCC(CO)(CO)NCC1CCNCC1. The Morgan fingerprint density at radius 3 is 2.33 bits per heavy atom. The molecule has 0 aliphatic carbocycles. The van der Waals surface area contributed by atoms with Crippen LogP contribution in [0.15, 0.2) is 0 Å². The van der Waals surface area contributed by atoms with Gasteiger partial charge >= 0.3 is 0 Å². The molecule has 1 heterocycles. The number of piperidine rings is 1. The molecule has 0 unspecified atom stereocenters. The van der Waals surface area contributed by atoms with Gasteiger partial charge in [-0.2, -0.15) is 0 Å². The lowest BCUT2D eigenvalue weighted by Crippen LogP contribution is -2.53. The van der Waals surface area contributed by atoms with Crippen LogP contribution in [0.25, 0.3) is 0 Å². The number of hydrogen-bond donors (Lipinski definition) is 4. The summed E-state index contributed by atoms with van der Waals surface area (Å²) in [7, 11) is 0. The van der Waals surface area contributed by atoms with E-state index in [0.717, 1.165) is 26.1 Å². The fraction of sp³-hybridized carbons (Fsp3) is 1.00. The molecule has 4 N–H and O–H groups in total. The van der Waals surface area contributed by atoms with E-state index in [2.05, 4.69) is 10.6 Å². The molecule has 0 saturated carbocycles. The van der Waals surface area contributed by atoms with Crippen molar-refractivity contribution < 1.29 is 10.2 Å². The van der Waals surface area contributed by atoms with E-state index in [1.54, 1.807) is 0 Å². The van der Waals surface area contributed by atoms with Crippen LogP contribution >= 0.6 is 0 Å². The predicted octanol–water partition coefficient (Wildman–Crippen LogP) is -0.291. The van der Waals surface area contributed by atoms with Gasteiger partial charge in [0, 0.05) is 0 Å². The second kappa shape index (κ2) is 6.43. The minimum Gasteiger partial charge on any atom is -0.394 e. The Balaban J connectivity index is 2.31. The topological polar surface area (TPSA) is 64.5 Å². The van der Waals surface area contributed by atoms with Crippen molar-refractivity contribution in [2.24, 2.45) is 5.92 Å². The smallest absolute Gasteiger partial charge is 0.0645 e. The first-order valence-corrected chi connectivity index (χ1v) is 5.94. The molecule has 90 valence electrons. The van der Waals surface area contributed by atoms with Crippen LogP contribution in [-0.2, 0) is 0 Å². The van der Waals surface area contributed by atoms with Crippen LogP contribution in [0.5, 0.6) is 0 Å². The number of aliphatic hydroxyl groups excluding tert-OH is 2. The van der Waals surface area contributed by atoms with E-state index in [0.29, 0.717) is 5.92 Å². The Morgan fingerprint density at radius 1 is 1.27 bits per heavy atom. The lowest BCUT2D eigenvalue weighted by atomic mass is 9.94. The molecule has 0 aromatic heterocycles. The van der Waals surface area contributed by atoms with Crippen LogP contribution in [0, 0.1) is 5.92 Å². The molecule has 0 atom stereocenters. The first-order chi connectivity index (χ1) is 7.26. The third-order valence-electron chi connectivity index (χ3n) is 3.51. The molecule has 4 heteroatoms. The van der Waals surface area contributed by atoms with E-state index < -0.39 is 5.54 Å². The van der Waals surface area contributed by atoms with Crippen molar-refractivity contribution in [3.05, 3.63) is 0 Å². The van der Waals surface area contributed by atoms with Crippen LogP contribution in [-0.4, -0.2) is 48.6 Å². The Bertz CT molecular complexity index is 158.